The molecule has 1 aromatic carbocycles. The van der Waals surface area contributed by atoms with Gasteiger partial charge < -0.3 is 9.47 Å². The summed E-state index contributed by atoms with van der Waals surface area (Å²) < 4.78 is 41.8. The van der Waals surface area contributed by atoms with Crippen molar-refractivity contribution >= 4 is 10.1 Å². The van der Waals surface area contributed by atoms with Gasteiger partial charge in [-0.15, -0.1) is 0 Å². The van der Waals surface area contributed by atoms with E-state index in [1.165, 1.54) is 0 Å². The average molecular weight is 356 g/mol. The number of rotatable bonds is 7. The van der Waals surface area contributed by atoms with Gasteiger partial charge in [-0.2, -0.15) is 8.42 Å². The third-order valence-corrected chi connectivity index (χ3v) is 5.91. The topological polar surface area (TPSA) is 61.8 Å². The Morgan fingerprint density at radius 1 is 1.12 bits per heavy atom. The first-order valence-electron chi connectivity index (χ1n) is 8.48. The van der Waals surface area contributed by atoms with Crippen LogP contribution in [0.2, 0.25) is 0 Å². The first kappa shape index (κ1) is 19.4. The van der Waals surface area contributed by atoms with E-state index in [9.17, 15) is 8.42 Å². The van der Waals surface area contributed by atoms with Crippen LogP contribution in [0.25, 0.3) is 0 Å². The molecule has 5 nitrogen and oxygen atoms in total. The predicted molar refractivity (Wildman–Crippen MR) is 92.3 cm³/mol. The van der Waals surface area contributed by atoms with Gasteiger partial charge in [0.2, 0.25) is 0 Å². The zero-order valence-corrected chi connectivity index (χ0v) is 16.0. The van der Waals surface area contributed by atoms with Crippen molar-refractivity contribution in [3.8, 4) is 0 Å². The van der Waals surface area contributed by atoms with Gasteiger partial charge in [0, 0.05) is 6.42 Å². The summed E-state index contributed by atoms with van der Waals surface area (Å²) in [4.78, 5) is 0.175. The molecule has 0 spiro atoms. The maximum Gasteiger partial charge on any atom is 0.296 e. The molecule has 136 valence electrons. The fourth-order valence-corrected chi connectivity index (χ4v) is 4.16. The molecule has 0 aromatic heterocycles. The summed E-state index contributed by atoms with van der Waals surface area (Å²) in [5.41, 5.74) is 0.615. The van der Waals surface area contributed by atoms with Crippen molar-refractivity contribution in [3.05, 3.63) is 29.8 Å². The summed E-state index contributed by atoms with van der Waals surface area (Å²) in [7, 11) is -3.74. The van der Waals surface area contributed by atoms with Crippen LogP contribution >= 0.6 is 0 Å². The van der Waals surface area contributed by atoms with Gasteiger partial charge >= 0.3 is 0 Å². The SMILES string of the molecule is CCC1(CC)OC(C)(C)O[C@H]1CCOS(=O)(=O)c1ccc(C)cc1. The van der Waals surface area contributed by atoms with Crippen LogP contribution in [0.3, 0.4) is 0 Å². The van der Waals surface area contributed by atoms with Gasteiger partial charge in [0.25, 0.3) is 10.1 Å². The van der Waals surface area contributed by atoms with Gasteiger partial charge in [-0.05, 0) is 45.7 Å². The monoisotopic (exact) mass is 356 g/mol. The zero-order chi connectivity index (χ0) is 18.0. The molecule has 1 heterocycles. The van der Waals surface area contributed by atoms with E-state index in [0.717, 1.165) is 18.4 Å². The lowest BCUT2D eigenvalue weighted by atomic mass is 9.89. The van der Waals surface area contributed by atoms with Gasteiger partial charge in [-0.25, -0.2) is 0 Å². The molecule has 1 aliphatic heterocycles. The van der Waals surface area contributed by atoms with Crippen LogP contribution in [-0.4, -0.2) is 32.5 Å². The highest BCUT2D eigenvalue weighted by Gasteiger charge is 2.50. The number of hydrogen-bond donors (Lipinski definition) is 0. The highest BCUT2D eigenvalue weighted by molar-refractivity contribution is 7.86. The Morgan fingerprint density at radius 2 is 1.71 bits per heavy atom. The first-order chi connectivity index (χ1) is 11.1. The Labute approximate surface area is 145 Å². The number of aryl methyl sites for hydroxylation is 1. The van der Waals surface area contributed by atoms with E-state index in [0.29, 0.717) is 6.42 Å². The van der Waals surface area contributed by atoms with E-state index in [1.54, 1.807) is 24.3 Å². The van der Waals surface area contributed by atoms with Crippen molar-refractivity contribution in [2.45, 2.75) is 76.3 Å². The van der Waals surface area contributed by atoms with E-state index in [-0.39, 0.29) is 23.2 Å². The lowest BCUT2D eigenvalue weighted by molar-refractivity contribution is -0.164. The van der Waals surface area contributed by atoms with Crippen molar-refractivity contribution in [1.29, 1.82) is 0 Å². The molecule has 0 aliphatic carbocycles. The zero-order valence-electron chi connectivity index (χ0n) is 15.2. The summed E-state index contributed by atoms with van der Waals surface area (Å²) in [6.07, 6.45) is 1.90. The lowest BCUT2D eigenvalue weighted by Crippen LogP contribution is -2.39. The minimum absolute atomic E-state index is 0.0715. The fraction of sp³-hybridized carbons (Fsp3) is 0.667. The Kier molecular flexibility index (Phi) is 5.75. The van der Waals surface area contributed by atoms with E-state index in [2.05, 4.69) is 13.8 Å². The van der Waals surface area contributed by atoms with Gasteiger partial charge in [-0.1, -0.05) is 31.5 Å². The van der Waals surface area contributed by atoms with Gasteiger partial charge in [0.1, 0.15) is 0 Å². The molecule has 1 aromatic rings. The van der Waals surface area contributed by atoms with Crippen LogP contribution in [0, 0.1) is 6.92 Å². The molecule has 1 fully saturated rings. The predicted octanol–water partition coefficient (Wildman–Crippen LogP) is 3.80. The van der Waals surface area contributed by atoms with Crippen LogP contribution < -0.4 is 0 Å². The number of benzene rings is 1. The Balaban J connectivity index is 2.01. The molecule has 0 N–H and O–H groups in total. The normalized spacial score (nSPS) is 22.6. The van der Waals surface area contributed by atoms with Crippen LogP contribution in [0.15, 0.2) is 29.2 Å². The molecule has 24 heavy (non-hydrogen) atoms. The third kappa shape index (κ3) is 4.17. The minimum atomic E-state index is -3.74. The molecule has 1 saturated heterocycles. The molecule has 6 heteroatoms. The molecular formula is C18H28O5S. The van der Waals surface area contributed by atoms with Crippen molar-refractivity contribution < 1.29 is 22.1 Å². The van der Waals surface area contributed by atoms with Crippen LogP contribution in [0.1, 0.15) is 52.5 Å². The van der Waals surface area contributed by atoms with Gasteiger partial charge in [0.05, 0.1) is 23.2 Å². The first-order valence-corrected chi connectivity index (χ1v) is 9.89. The second-order valence-corrected chi connectivity index (χ2v) is 8.37. The Morgan fingerprint density at radius 3 is 2.25 bits per heavy atom. The van der Waals surface area contributed by atoms with Crippen molar-refractivity contribution in [1.82, 2.24) is 0 Å². The molecule has 0 saturated carbocycles. The Hall–Kier alpha value is -0.950. The molecule has 0 unspecified atom stereocenters. The Bertz CT molecular complexity index is 644. The lowest BCUT2D eigenvalue weighted by Gasteiger charge is -2.30. The summed E-state index contributed by atoms with van der Waals surface area (Å²) in [5.74, 6) is -0.660. The second kappa shape index (κ2) is 7.12. The molecular weight excluding hydrogens is 328 g/mol. The van der Waals surface area contributed by atoms with E-state index < -0.39 is 15.9 Å². The summed E-state index contributed by atoms with van der Waals surface area (Å²) in [6, 6.07) is 6.63. The minimum Gasteiger partial charge on any atom is -0.344 e. The van der Waals surface area contributed by atoms with E-state index in [4.69, 9.17) is 13.7 Å². The summed E-state index contributed by atoms with van der Waals surface area (Å²) >= 11 is 0. The van der Waals surface area contributed by atoms with Gasteiger partial charge in [-0.3, -0.25) is 4.18 Å². The third-order valence-electron chi connectivity index (χ3n) is 4.59. The number of ether oxygens (including phenoxy) is 2. The van der Waals surface area contributed by atoms with Gasteiger partial charge in [0.15, 0.2) is 5.79 Å². The molecule has 0 amide bonds. The quantitative estimate of drug-likeness (QED) is 0.695. The van der Waals surface area contributed by atoms with Crippen LogP contribution in [0.5, 0.6) is 0 Å². The molecule has 0 bridgehead atoms. The molecule has 0 radical (unpaired) electrons. The second-order valence-electron chi connectivity index (χ2n) is 6.76. The molecule has 1 atom stereocenters. The van der Waals surface area contributed by atoms with Crippen LogP contribution in [0.4, 0.5) is 0 Å². The maximum absolute atomic E-state index is 12.3. The van der Waals surface area contributed by atoms with Crippen molar-refractivity contribution in [2.75, 3.05) is 6.61 Å². The van der Waals surface area contributed by atoms with Crippen LogP contribution in [-0.2, 0) is 23.8 Å². The van der Waals surface area contributed by atoms with E-state index in [1.807, 2.05) is 20.8 Å². The molecule has 2 rings (SSSR count). The van der Waals surface area contributed by atoms with Crippen molar-refractivity contribution in [2.24, 2.45) is 0 Å². The smallest absolute Gasteiger partial charge is 0.296 e. The highest BCUT2D eigenvalue weighted by atomic mass is 32.2. The highest BCUT2D eigenvalue weighted by Crippen LogP contribution is 2.42. The number of hydrogen-bond acceptors (Lipinski definition) is 5. The maximum atomic E-state index is 12.3. The van der Waals surface area contributed by atoms with Crippen molar-refractivity contribution in [3.63, 3.8) is 0 Å². The fourth-order valence-electron chi connectivity index (χ4n) is 3.24. The summed E-state index contributed by atoms with van der Waals surface area (Å²) in [6.45, 7) is 9.87. The largest absolute Gasteiger partial charge is 0.344 e. The molecule has 1 aliphatic rings. The average Bonchev–Trinajstić information content (AvgIpc) is 2.78. The summed E-state index contributed by atoms with van der Waals surface area (Å²) in [5, 5.41) is 0. The van der Waals surface area contributed by atoms with E-state index >= 15 is 0 Å². The standard InChI is InChI=1S/C18H28O5S/c1-6-18(7-2)16(22-17(4,5)23-18)12-13-21-24(19,20)15-10-8-14(3)9-11-15/h8-11,16H,6-7,12-13H2,1-5H3/t16-/m0/s1.